The first-order valence-corrected chi connectivity index (χ1v) is 7.41. The minimum Gasteiger partial charge on any atom is -0.350 e. The number of piperazine rings is 1. The highest BCUT2D eigenvalue weighted by Gasteiger charge is 2.38. The predicted molar refractivity (Wildman–Crippen MR) is 79.2 cm³/mol. The van der Waals surface area contributed by atoms with E-state index in [1.165, 1.54) is 0 Å². The summed E-state index contributed by atoms with van der Waals surface area (Å²) >= 11 is 0. The van der Waals surface area contributed by atoms with Crippen LogP contribution in [0.5, 0.6) is 0 Å². The zero-order chi connectivity index (χ0) is 14.7. The van der Waals surface area contributed by atoms with E-state index in [1.807, 2.05) is 30.3 Å². The van der Waals surface area contributed by atoms with Crippen LogP contribution in [-0.2, 0) is 9.59 Å². The maximum Gasteiger partial charge on any atom is 0.299 e. The van der Waals surface area contributed by atoms with Crippen molar-refractivity contribution in [3.63, 3.8) is 0 Å². The van der Waals surface area contributed by atoms with Gasteiger partial charge in [0.05, 0.1) is 6.04 Å². The minimum atomic E-state index is -0.245. The Morgan fingerprint density at radius 3 is 2.76 bits per heavy atom. The van der Waals surface area contributed by atoms with Crippen molar-refractivity contribution in [3.05, 3.63) is 35.9 Å². The lowest BCUT2D eigenvalue weighted by Gasteiger charge is -2.43. The standard InChI is InChI=1S/C17H18N2O2/c20-16-12-19(15-9-5-4-8-14(15)18-16)17(21)11-10-13-6-2-1-3-7-13/h1-3,6-7,14-15H,4-5,8-9,12H2,(H,18,20)/t14-,15+/m1/s1. The van der Waals surface area contributed by atoms with Gasteiger partial charge in [0.2, 0.25) is 5.91 Å². The van der Waals surface area contributed by atoms with Crippen LogP contribution >= 0.6 is 0 Å². The summed E-state index contributed by atoms with van der Waals surface area (Å²) in [5, 5.41) is 3.00. The summed E-state index contributed by atoms with van der Waals surface area (Å²) in [6.45, 7) is 0.128. The number of nitrogens with one attached hydrogen (secondary N) is 1. The Kier molecular flexibility index (Phi) is 3.92. The molecule has 2 aliphatic rings. The van der Waals surface area contributed by atoms with Crippen LogP contribution in [0.2, 0.25) is 0 Å². The Hall–Kier alpha value is -2.28. The van der Waals surface area contributed by atoms with Crippen molar-refractivity contribution in [1.29, 1.82) is 0 Å². The molecule has 2 atom stereocenters. The normalized spacial score (nSPS) is 24.4. The van der Waals surface area contributed by atoms with Crippen LogP contribution in [0, 0.1) is 11.8 Å². The van der Waals surface area contributed by atoms with Crippen molar-refractivity contribution in [1.82, 2.24) is 10.2 Å². The second-order valence-corrected chi connectivity index (χ2v) is 5.57. The van der Waals surface area contributed by atoms with Crippen molar-refractivity contribution < 1.29 is 9.59 Å². The van der Waals surface area contributed by atoms with Crippen molar-refractivity contribution >= 4 is 11.8 Å². The molecule has 1 aliphatic heterocycles. The molecule has 108 valence electrons. The van der Waals surface area contributed by atoms with Crippen LogP contribution in [0.25, 0.3) is 0 Å². The number of rotatable bonds is 0. The van der Waals surface area contributed by atoms with E-state index < -0.39 is 0 Å². The highest BCUT2D eigenvalue weighted by atomic mass is 16.2. The van der Waals surface area contributed by atoms with Gasteiger partial charge in [0.1, 0.15) is 6.54 Å². The Morgan fingerprint density at radius 1 is 1.19 bits per heavy atom. The van der Waals surface area contributed by atoms with E-state index in [2.05, 4.69) is 17.2 Å². The molecule has 0 bridgehead atoms. The van der Waals surface area contributed by atoms with Gasteiger partial charge in [0.15, 0.2) is 0 Å². The molecule has 2 fully saturated rings. The van der Waals surface area contributed by atoms with Gasteiger partial charge >= 0.3 is 0 Å². The Labute approximate surface area is 124 Å². The average Bonchev–Trinajstić information content (AvgIpc) is 2.52. The second kappa shape index (κ2) is 6.01. The van der Waals surface area contributed by atoms with Crippen LogP contribution in [-0.4, -0.2) is 35.3 Å². The zero-order valence-electron chi connectivity index (χ0n) is 11.8. The lowest BCUT2D eigenvalue weighted by atomic mass is 9.87. The summed E-state index contributed by atoms with van der Waals surface area (Å²) in [6.07, 6.45) is 4.11. The lowest BCUT2D eigenvalue weighted by Crippen LogP contribution is -2.62. The Bertz CT molecular complexity index is 600. The van der Waals surface area contributed by atoms with E-state index in [4.69, 9.17) is 0 Å². The van der Waals surface area contributed by atoms with E-state index in [0.29, 0.717) is 0 Å². The molecule has 1 saturated carbocycles. The van der Waals surface area contributed by atoms with E-state index >= 15 is 0 Å². The van der Waals surface area contributed by atoms with Gasteiger partial charge < -0.3 is 10.2 Å². The second-order valence-electron chi connectivity index (χ2n) is 5.57. The van der Waals surface area contributed by atoms with Gasteiger partial charge in [-0.2, -0.15) is 0 Å². The molecule has 1 saturated heterocycles. The summed E-state index contributed by atoms with van der Waals surface area (Å²) in [5.74, 6) is 5.24. The monoisotopic (exact) mass is 282 g/mol. The first-order valence-electron chi connectivity index (χ1n) is 7.41. The number of carbonyl (C=O) groups is 2. The number of hydrogen-bond acceptors (Lipinski definition) is 2. The summed E-state index contributed by atoms with van der Waals surface area (Å²) in [6, 6.07) is 9.63. The number of nitrogens with zero attached hydrogens (tertiary/aromatic N) is 1. The molecule has 1 aliphatic carbocycles. The number of amides is 2. The van der Waals surface area contributed by atoms with Gasteiger partial charge in [-0.15, -0.1) is 0 Å². The fourth-order valence-corrected chi connectivity index (χ4v) is 3.12. The number of hydrogen-bond donors (Lipinski definition) is 1. The number of benzene rings is 1. The summed E-state index contributed by atoms with van der Waals surface area (Å²) in [4.78, 5) is 25.7. The first kappa shape index (κ1) is 13.7. The molecular formula is C17H18N2O2. The molecule has 1 aromatic carbocycles. The van der Waals surface area contributed by atoms with Crippen molar-refractivity contribution in [2.45, 2.75) is 37.8 Å². The molecule has 3 rings (SSSR count). The van der Waals surface area contributed by atoms with E-state index in [9.17, 15) is 9.59 Å². The summed E-state index contributed by atoms with van der Waals surface area (Å²) in [7, 11) is 0. The minimum absolute atomic E-state index is 0.0759. The van der Waals surface area contributed by atoms with Crippen molar-refractivity contribution in [2.75, 3.05) is 6.54 Å². The molecule has 1 N–H and O–H groups in total. The van der Waals surface area contributed by atoms with Gasteiger partial charge in [-0.05, 0) is 25.0 Å². The van der Waals surface area contributed by atoms with Gasteiger partial charge in [0, 0.05) is 17.5 Å². The van der Waals surface area contributed by atoms with E-state index in [1.54, 1.807) is 4.90 Å². The Morgan fingerprint density at radius 2 is 1.95 bits per heavy atom. The summed E-state index contributed by atoms with van der Waals surface area (Å²) in [5.41, 5.74) is 0.813. The third kappa shape index (κ3) is 3.08. The molecule has 1 aromatic rings. The van der Waals surface area contributed by atoms with Crippen LogP contribution in [0.4, 0.5) is 0 Å². The maximum atomic E-state index is 12.3. The third-order valence-electron chi connectivity index (χ3n) is 4.14. The fourth-order valence-electron chi connectivity index (χ4n) is 3.12. The highest BCUT2D eigenvalue weighted by molar-refractivity contribution is 5.97. The van der Waals surface area contributed by atoms with E-state index in [-0.39, 0.29) is 30.4 Å². The smallest absolute Gasteiger partial charge is 0.299 e. The van der Waals surface area contributed by atoms with Crippen molar-refractivity contribution in [3.8, 4) is 11.8 Å². The molecule has 2 amide bonds. The topological polar surface area (TPSA) is 49.4 Å². The van der Waals surface area contributed by atoms with Gasteiger partial charge in [-0.1, -0.05) is 37.0 Å². The summed E-state index contributed by atoms with van der Waals surface area (Å²) < 4.78 is 0. The van der Waals surface area contributed by atoms with Crippen molar-refractivity contribution in [2.24, 2.45) is 0 Å². The number of fused-ring (bicyclic) bond motifs is 1. The molecule has 1 heterocycles. The lowest BCUT2D eigenvalue weighted by molar-refractivity contribution is -0.140. The predicted octanol–water partition coefficient (Wildman–Crippen LogP) is 1.31. The molecule has 4 heteroatoms. The van der Waals surface area contributed by atoms with E-state index in [0.717, 1.165) is 31.2 Å². The molecule has 0 unspecified atom stereocenters. The highest BCUT2D eigenvalue weighted by Crippen LogP contribution is 2.25. The molecule has 0 aromatic heterocycles. The molecule has 0 spiro atoms. The third-order valence-corrected chi connectivity index (χ3v) is 4.14. The van der Waals surface area contributed by atoms with Crippen LogP contribution in [0.15, 0.2) is 30.3 Å². The maximum absolute atomic E-state index is 12.3. The SMILES string of the molecule is O=C1CN(C(=O)C#Cc2ccccc2)[C@H]2CCCC[C@H]2N1. The van der Waals surface area contributed by atoms with Crippen LogP contribution in [0.3, 0.4) is 0 Å². The van der Waals surface area contributed by atoms with Gasteiger partial charge in [0.25, 0.3) is 5.91 Å². The molecule has 21 heavy (non-hydrogen) atoms. The number of carbonyl (C=O) groups excluding carboxylic acids is 2. The molecule has 0 radical (unpaired) electrons. The van der Waals surface area contributed by atoms with Gasteiger partial charge in [-0.3, -0.25) is 9.59 Å². The quantitative estimate of drug-likeness (QED) is 0.729. The van der Waals surface area contributed by atoms with Gasteiger partial charge in [-0.25, -0.2) is 0 Å². The molecular weight excluding hydrogens is 264 g/mol. The Balaban J connectivity index is 1.76. The fraction of sp³-hybridized carbons (Fsp3) is 0.412. The zero-order valence-corrected chi connectivity index (χ0v) is 11.8. The largest absolute Gasteiger partial charge is 0.350 e. The van der Waals surface area contributed by atoms with Crippen LogP contribution in [0.1, 0.15) is 31.2 Å². The average molecular weight is 282 g/mol. The first-order chi connectivity index (χ1) is 10.2. The van der Waals surface area contributed by atoms with Crippen LogP contribution < -0.4 is 5.32 Å². The molecule has 4 nitrogen and oxygen atoms in total.